The number of carbonyl (C=O) groups is 4. The summed E-state index contributed by atoms with van der Waals surface area (Å²) in [5.41, 5.74) is 0. The van der Waals surface area contributed by atoms with Crippen molar-refractivity contribution >= 4 is 39.5 Å². The number of phosphoric ester groups is 2. The number of esters is 4. The molecule has 6 atom stereocenters. The fourth-order valence-electron chi connectivity index (χ4n) is 9.61. The van der Waals surface area contributed by atoms with E-state index in [1.807, 2.05) is 0 Å². The molecule has 0 aromatic carbocycles. The topological polar surface area (TPSA) is 237 Å². The highest BCUT2D eigenvalue weighted by Crippen LogP contribution is 2.45. The molecule has 19 heteroatoms. The monoisotopic (exact) mass is 1280 g/mol. The summed E-state index contributed by atoms with van der Waals surface area (Å²) < 4.78 is 68.1. The lowest BCUT2D eigenvalue weighted by molar-refractivity contribution is -0.161. The first kappa shape index (κ1) is 84.5. The summed E-state index contributed by atoms with van der Waals surface area (Å²) in [6.45, 7) is 11.6. The van der Waals surface area contributed by atoms with Crippen molar-refractivity contribution in [2.45, 2.75) is 330 Å². The van der Waals surface area contributed by atoms with Gasteiger partial charge in [-0.3, -0.25) is 37.3 Å². The number of unbranched alkanes of at least 4 members (excludes halogenated alkanes) is 28. The Kier molecular flexibility index (Phi) is 57.0. The van der Waals surface area contributed by atoms with Crippen molar-refractivity contribution < 1.29 is 80.2 Å². The van der Waals surface area contributed by atoms with Crippen LogP contribution in [0.2, 0.25) is 0 Å². The molecule has 512 valence electrons. The van der Waals surface area contributed by atoms with Gasteiger partial charge in [0.25, 0.3) is 0 Å². The molecule has 0 radical (unpaired) electrons. The normalized spacial score (nSPS) is 14.8. The summed E-state index contributed by atoms with van der Waals surface area (Å²) in [6.07, 6.45) is 44.1. The molecule has 0 saturated heterocycles. The molecule has 0 rings (SSSR count). The number of rotatable bonds is 64. The van der Waals surface area contributed by atoms with Crippen molar-refractivity contribution in [3.63, 3.8) is 0 Å². The summed E-state index contributed by atoms with van der Waals surface area (Å²) >= 11 is 0. The van der Waals surface area contributed by atoms with E-state index >= 15 is 0 Å². The van der Waals surface area contributed by atoms with Gasteiger partial charge in [0.05, 0.1) is 26.4 Å². The molecular formula is C68H128O17P2. The molecule has 0 aromatic heterocycles. The quantitative estimate of drug-likeness (QED) is 0.0169. The highest BCUT2D eigenvalue weighted by Gasteiger charge is 2.30. The highest BCUT2D eigenvalue weighted by atomic mass is 31.2. The molecule has 0 heterocycles. The zero-order valence-electron chi connectivity index (χ0n) is 56.0. The number of aliphatic hydroxyl groups excluding tert-OH is 1. The highest BCUT2D eigenvalue weighted by molar-refractivity contribution is 7.47. The number of carbonyl (C=O) groups excluding carboxylic acids is 4. The Labute approximate surface area is 529 Å². The summed E-state index contributed by atoms with van der Waals surface area (Å²) in [6, 6.07) is 0. The van der Waals surface area contributed by atoms with Gasteiger partial charge in [0, 0.05) is 25.7 Å². The molecule has 0 fully saturated rings. The Balaban J connectivity index is 5.27. The van der Waals surface area contributed by atoms with Crippen LogP contribution in [0.1, 0.15) is 312 Å². The van der Waals surface area contributed by atoms with E-state index < -0.39 is 97.5 Å². The Hall–Kier alpha value is -2.46. The van der Waals surface area contributed by atoms with E-state index in [2.05, 4.69) is 72.8 Å². The van der Waals surface area contributed by atoms with Crippen molar-refractivity contribution in [1.82, 2.24) is 0 Å². The average molecular weight is 1280 g/mol. The van der Waals surface area contributed by atoms with Crippen LogP contribution in [0.5, 0.6) is 0 Å². The van der Waals surface area contributed by atoms with Crippen LogP contribution in [0.4, 0.5) is 0 Å². The molecule has 0 bridgehead atoms. The first-order valence-corrected chi connectivity index (χ1v) is 37.7. The van der Waals surface area contributed by atoms with E-state index in [4.69, 9.17) is 37.0 Å². The smallest absolute Gasteiger partial charge is 0.462 e. The molecule has 0 aromatic rings. The lowest BCUT2D eigenvalue weighted by Crippen LogP contribution is -2.30. The number of allylic oxidation sites excluding steroid dienone is 4. The van der Waals surface area contributed by atoms with Crippen LogP contribution in [0.15, 0.2) is 24.3 Å². The maximum absolute atomic E-state index is 13.0. The van der Waals surface area contributed by atoms with E-state index in [1.165, 1.54) is 103 Å². The molecule has 17 nitrogen and oxygen atoms in total. The summed E-state index contributed by atoms with van der Waals surface area (Å²) in [7, 11) is -9.91. The Morgan fingerprint density at radius 2 is 0.678 bits per heavy atom. The van der Waals surface area contributed by atoms with Crippen LogP contribution >= 0.6 is 15.6 Å². The minimum Gasteiger partial charge on any atom is -0.462 e. The molecule has 0 spiro atoms. The second-order valence-electron chi connectivity index (χ2n) is 25.1. The van der Waals surface area contributed by atoms with E-state index in [0.717, 1.165) is 121 Å². The van der Waals surface area contributed by atoms with Crippen LogP contribution in [0.3, 0.4) is 0 Å². The van der Waals surface area contributed by atoms with Crippen LogP contribution in [0.25, 0.3) is 0 Å². The molecule has 0 aliphatic carbocycles. The third-order valence-corrected chi connectivity index (χ3v) is 17.3. The molecular weight excluding hydrogens is 1150 g/mol. The third kappa shape index (κ3) is 60.9. The number of aliphatic hydroxyl groups is 1. The second kappa shape index (κ2) is 58.6. The first-order valence-electron chi connectivity index (χ1n) is 34.7. The van der Waals surface area contributed by atoms with Crippen molar-refractivity contribution in [2.24, 2.45) is 17.8 Å². The minimum atomic E-state index is -4.96. The van der Waals surface area contributed by atoms with E-state index in [0.29, 0.717) is 31.6 Å². The van der Waals surface area contributed by atoms with Crippen molar-refractivity contribution in [3.05, 3.63) is 24.3 Å². The van der Waals surface area contributed by atoms with E-state index in [1.54, 1.807) is 0 Å². The van der Waals surface area contributed by atoms with Crippen molar-refractivity contribution in [3.8, 4) is 0 Å². The van der Waals surface area contributed by atoms with E-state index in [9.17, 15) is 43.2 Å². The third-order valence-electron chi connectivity index (χ3n) is 15.4. The van der Waals surface area contributed by atoms with Crippen LogP contribution in [0, 0.1) is 17.8 Å². The summed E-state index contributed by atoms with van der Waals surface area (Å²) in [5.74, 6) is -0.0138. The van der Waals surface area contributed by atoms with Gasteiger partial charge in [0.1, 0.15) is 19.3 Å². The zero-order valence-corrected chi connectivity index (χ0v) is 57.7. The van der Waals surface area contributed by atoms with Gasteiger partial charge in [0.2, 0.25) is 0 Å². The molecule has 3 unspecified atom stereocenters. The molecule has 0 aliphatic rings. The lowest BCUT2D eigenvalue weighted by atomic mass is 10.00. The fraction of sp³-hybridized carbons (Fsp3) is 0.882. The molecule has 0 amide bonds. The summed E-state index contributed by atoms with van der Waals surface area (Å²) in [4.78, 5) is 72.3. The van der Waals surface area contributed by atoms with Crippen LogP contribution < -0.4 is 0 Å². The fourth-order valence-corrected chi connectivity index (χ4v) is 11.2. The second-order valence-corrected chi connectivity index (χ2v) is 28.0. The molecule has 0 saturated carbocycles. The van der Waals surface area contributed by atoms with Crippen molar-refractivity contribution in [2.75, 3.05) is 39.6 Å². The van der Waals surface area contributed by atoms with Gasteiger partial charge in [-0.25, -0.2) is 9.13 Å². The molecule has 0 aliphatic heterocycles. The van der Waals surface area contributed by atoms with Gasteiger partial charge in [-0.2, -0.15) is 0 Å². The SMILES string of the molecule is CCCCCC/C=C\C=C/CCCCCCCC(=O)O[C@H](COC(=O)CCCCCCCCC(C)CC)COP(=O)(O)OC[C@H](O)COP(=O)(O)OC[C@@H](COC(=O)CCCCCCCCCCCCC(C)C)OC(=O)CCCCCCCCC(C)C. The zero-order chi connectivity index (χ0) is 64.5. The van der Waals surface area contributed by atoms with Gasteiger partial charge in [-0.15, -0.1) is 0 Å². The van der Waals surface area contributed by atoms with Gasteiger partial charge in [-0.1, -0.05) is 259 Å². The average Bonchev–Trinajstić information content (AvgIpc) is 3.69. The summed E-state index contributed by atoms with van der Waals surface area (Å²) in [5, 5.41) is 10.6. The maximum Gasteiger partial charge on any atom is 0.472 e. The van der Waals surface area contributed by atoms with Crippen LogP contribution in [-0.4, -0.2) is 96.7 Å². The number of phosphoric acid groups is 2. The van der Waals surface area contributed by atoms with Crippen LogP contribution in [-0.2, 0) is 65.4 Å². The largest absolute Gasteiger partial charge is 0.472 e. The number of hydrogen-bond acceptors (Lipinski definition) is 15. The van der Waals surface area contributed by atoms with E-state index in [-0.39, 0.29) is 25.7 Å². The Morgan fingerprint density at radius 1 is 0.379 bits per heavy atom. The van der Waals surface area contributed by atoms with Crippen molar-refractivity contribution in [1.29, 1.82) is 0 Å². The predicted molar refractivity (Wildman–Crippen MR) is 349 cm³/mol. The first-order chi connectivity index (χ1) is 41.8. The number of hydrogen-bond donors (Lipinski definition) is 3. The minimum absolute atomic E-state index is 0.0834. The number of ether oxygens (including phenoxy) is 4. The maximum atomic E-state index is 13.0. The Bertz CT molecular complexity index is 1810. The lowest BCUT2D eigenvalue weighted by Gasteiger charge is -2.21. The molecule has 3 N–H and O–H groups in total. The molecule has 87 heavy (non-hydrogen) atoms. The predicted octanol–water partition coefficient (Wildman–Crippen LogP) is 18.6. The standard InChI is InChI=1S/C68H128O17P2/c1-8-10-11-12-13-14-15-16-17-18-19-24-27-37-44-51-67(72)84-63(56-79-66(71)50-43-36-31-29-34-41-48-61(7)9-2)57-82-86(74,75)80-53-62(69)54-81-87(76,77)83-58-64(85-68(73)52-45-38-30-28-33-40-47-60(5)6)55-78-65(70)49-42-35-26-23-21-20-22-25-32-39-46-59(3)4/h14-17,59-64,69H,8-13,18-58H2,1-7H3,(H,74,75)(H,76,77)/b15-14-,17-16-/t61?,62-,63+,64+/m0/s1. The van der Waals surface area contributed by atoms with Gasteiger partial charge >= 0.3 is 39.5 Å². The Morgan fingerprint density at radius 3 is 1.02 bits per heavy atom. The van der Waals surface area contributed by atoms with Gasteiger partial charge in [0.15, 0.2) is 12.2 Å². The van der Waals surface area contributed by atoms with Gasteiger partial charge in [-0.05, 0) is 69.1 Å². The van der Waals surface area contributed by atoms with Gasteiger partial charge < -0.3 is 33.8 Å².